The first-order valence-corrected chi connectivity index (χ1v) is 9.91. The summed E-state index contributed by atoms with van der Waals surface area (Å²) in [6.45, 7) is 1.60. The largest absolute Gasteiger partial charge is 0.387 e. The number of halogens is 1. The molecular weight excluding hydrogens is 355 g/mol. The van der Waals surface area contributed by atoms with Gasteiger partial charge in [0.15, 0.2) is 0 Å². The van der Waals surface area contributed by atoms with Gasteiger partial charge >= 0.3 is 0 Å². The number of amides is 1. The second-order valence-electron chi connectivity index (χ2n) is 7.48. The number of hydrogen-bond donors (Lipinski definition) is 2. The number of para-hydroxylation sites is 1. The minimum Gasteiger partial charge on any atom is -0.387 e. The highest BCUT2D eigenvalue weighted by Crippen LogP contribution is 2.41. The molecule has 4 nitrogen and oxygen atoms in total. The van der Waals surface area contributed by atoms with Crippen molar-refractivity contribution in [1.29, 1.82) is 0 Å². The lowest BCUT2D eigenvalue weighted by molar-refractivity contribution is -0.139. The summed E-state index contributed by atoms with van der Waals surface area (Å²) in [6.07, 6.45) is 3.68. The molecule has 0 spiro atoms. The number of hydrogen-bond acceptors (Lipinski definition) is 2. The van der Waals surface area contributed by atoms with E-state index in [0.29, 0.717) is 0 Å². The number of aromatic amines is 1. The van der Waals surface area contributed by atoms with E-state index in [1.165, 1.54) is 23.1 Å². The van der Waals surface area contributed by atoms with E-state index in [0.717, 1.165) is 42.5 Å². The Bertz CT molecular complexity index is 980. The lowest BCUT2D eigenvalue weighted by Gasteiger charge is -2.42. The summed E-state index contributed by atoms with van der Waals surface area (Å²) in [6, 6.07) is 14.1. The van der Waals surface area contributed by atoms with Crippen molar-refractivity contribution in [2.45, 2.75) is 44.7 Å². The van der Waals surface area contributed by atoms with E-state index in [9.17, 15) is 14.3 Å². The highest BCUT2D eigenvalue weighted by molar-refractivity contribution is 5.87. The maximum atomic E-state index is 13.6. The molecule has 3 aromatic rings. The van der Waals surface area contributed by atoms with Crippen molar-refractivity contribution in [3.8, 4) is 0 Å². The Hall–Kier alpha value is -2.66. The van der Waals surface area contributed by atoms with Gasteiger partial charge in [-0.15, -0.1) is 0 Å². The average Bonchev–Trinajstić information content (AvgIpc) is 3.09. The van der Waals surface area contributed by atoms with Crippen LogP contribution in [0.25, 0.3) is 10.9 Å². The van der Waals surface area contributed by atoms with Gasteiger partial charge in [-0.2, -0.15) is 0 Å². The molecule has 0 radical (unpaired) electrons. The number of nitrogens with one attached hydrogen (secondary N) is 1. The molecule has 0 saturated heterocycles. The van der Waals surface area contributed by atoms with Gasteiger partial charge < -0.3 is 15.0 Å². The first-order chi connectivity index (χ1) is 13.6. The zero-order chi connectivity index (χ0) is 19.7. The van der Waals surface area contributed by atoms with E-state index >= 15 is 0 Å². The standard InChI is InChI=1S/C23H25FN2O2/c1-2-3-6-17-13-19-18-7-4-5-8-20(18)25-22(19)23(26(17)21(28)14-27)15-9-11-16(24)12-10-15/h4-5,7-12,17,23,25,27H,2-3,6,13-14H2,1H3. The SMILES string of the molecule is CCCCC1Cc2c([nH]c3ccccc23)C(c2ccc(F)cc2)N1C(=O)CO. The number of benzene rings is 2. The van der Waals surface area contributed by atoms with Crippen LogP contribution in [0.4, 0.5) is 4.39 Å². The summed E-state index contributed by atoms with van der Waals surface area (Å²) in [7, 11) is 0. The number of unbranched alkanes of at least 4 members (excludes halogenated alkanes) is 1. The number of aromatic nitrogens is 1. The van der Waals surface area contributed by atoms with Crippen molar-refractivity contribution in [2.24, 2.45) is 0 Å². The Balaban J connectivity index is 1.91. The van der Waals surface area contributed by atoms with Crippen molar-refractivity contribution in [3.63, 3.8) is 0 Å². The molecule has 0 bridgehead atoms. The van der Waals surface area contributed by atoms with E-state index in [-0.39, 0.29) is 23.8 Å². The van der Waals surface area contributed by atoms with Gasteiger partial charge in [-0.05, 0) is 42.2 Å². The van der Waals surface area contributed by atoms with Gasteiger partial charge in [0, 0.05) is 22.6 Å². The molecule has 2 heterocycles. The fourth-order valence-corrected chi connectivity index (χ4v) is 4.44. The van der Waals surface area contributed by atoms with Gasteiger partial charge in [-0.3, -0.25) is 4.79 Å². The zero-order valence-corrected chi connectivity index (χ0v) is 16.0. The molecule has 0 fully saturated rings. The monoisotopic (exact) mass is 380 g/mol. The third-order valence-electron chi connectivity index (χ3n) is 5.73. The Morgan fingerprint density at radius 1 is 1.21 bits per heavy atom. The van der Waals surface area contributed by atoms with Crippen LogP contribution in [0.5, 0.6) is 0 Å². The predicted octanol–water partition coefficient (Wildman–Crippen LogP) is 4.33. The molecule has 1 amide bonds. The van der Waals surface area contributed by atoms with E-state index in [1.54, 1.807) is 17.0 Å². The highest BCUT2D eigenvalue weighted by atomic mass is 19.1. The van der Waals surface area contributed by atoms with Crippen LogP contribution in [0.2, 0.25) is 0 Å². The maximum absolute atomic E-state index is 13.6. The normalized spacial score (nSPS) is 19.0. The number of carbonyl (C=O) groups excluding carboxylic acids is 1. The molecule has 28 heavy (non-hydrogen) atoms. The average molecular weight is 380 g/mol. The molecule has 2 unspecified atom stereocenters. The molecular formula is C23H25FN2O2. The van der Waals surface area contributed by atoms with Crippen molar-refractivity contribution < 1.29 is 14.3 Å². The maximum Gasteiger partial charge on any atom is 0.249 e. The topological polar surface area (TPSA) is 56.3 Å². The number of fused-ring (bicyclic) bond motifs is 3. The number of aliphatic hydroxyl groups is 1. The summed E-state index contributed by atoms with van der Waals surface area (Å²) in [5, 5.41) is 10.8. The third kappa shape index (κ3) is 3.20. The zero-order valence-electron chi connectivity index (χ0n) is 16.0. The minimum atomic E-state index is -0.532. The molecule has 5 heteroatoms. The van der Waals surface area contributed by atoms with E-state index in [4.69, 9.17) is 0 Å². The van der Waals surface area contributed by atoms with Crippen LogP contribution in [-0.4, -0.2) is 33.5 Å². The lowest BCUT2D eigenvalue weighted by Crippen LogP contribution is -2.48. The van der Waals surface area contributed by atoms with Crippen molar-refractivity contribution in [2.75, 3.05) is 6.61 Å². The molecule has 1 aliphatic rings. The smallest absolute Gasteiger partial charge is 0.249 e. The van der Waals surface area contributed by atoms with Gasteiger partial charge in [0.25, 0.3) is 0 Å². The quantitative estimate of drug-likeness (QED) is 0.692. The first kappa shape index (κ1) is 18.7. The number of nitrogens with zero attached hydrogens (tertiary/aromatic N) is 1. The summed E-state index contributed by atoms with van der Waals surface area (Å²) >= 11 is 0. The fourth-order valence-electron chi connectivity index (χ4n) is 4.44. The van der Waals surface area contributed by atoms with Crippen LogP contribution >= 0.6 is 0 Å². The minimum absolute atomic E-state index is 0.00126. The molecule has 4 rings (SSSR count). The molecule has 1 aliphatic heterocycles. The van der Waals surface area contributed by atoms with Gasteiger partial charge in [-0.25, -0.2) is 4.39 Å². The molecule has 1 aromatic heterocycles. The Morgan fingerprint density at radius 2 is 1.96 bits per heavy atom. The molecule has 2 aromatic carbocycles. The van der Waals surface area contributed by atoms with Crippen molar-refractivity contribution in [1.82, 2.24) is 9.88 Å². The van der Waals surface area contributed by atoms with Crippen LogP contribution in [0.1, 0.15) is 49.0 Å². The molecule has 146 valence electrons. The van der Waals surface area contributed by atoms with Crippen LogP contribution in [0.15, 0.2) is 48.5 Å². The second-order valence-corrected chi connectivity index (χ2v) is 7.48. The fraction of sp³-hybridized carbons (Fsp3) is 0.348. The third-order valence-corrected chi connectivity index (χ3v) is 5.73. The van der Waals surface area contributed by atoms with Crippen LogP contribution in [-0.2, 0) is 11.2 Å². The van der Waals surface area contributed by atoms with Gasteiger partial charge in [-0.1, -0.05) is 50.1 Å². The van der Waals surface area contributed by atoms with Gasteiger partial charge in [0.2, 0.25) is 5.91 Å². The predicted molar refractivity (Wildman–Crippen MR) is 107 cm³/mol. The molecule has 2 atom stereocenters. The number of carbonyl (C=O) groups is 1. The summed E-state index contributed by atoms with van der Waals surface area (Å²) in [5.74, 6) is -0.598. The molecule has 2 N–H and O–H groups in total. The van der Waals surface area contributed by atoms with Crippen molar-refractivity contribution >= 4 is 16.8 Å². The van der Waals surface area contributed by atoms with Gasteiger partial charge in [0.1, 0.15) is 12.4 Å². The van der Waals surface area contributed by atoms with Gasteiger partial charge in [0.05, 0.1) is 6.04 Å². The molecule has 0 aliphatic carbocycles. The van der Waals surface area contributed by atoms with Crippen molar-refractivity contribution in [3.05, 3.63) is 71.2 Å². The second kappa shape index (κ2) is 7.76. The Morgan fingerprint density at radius 3 is 2.68 bits per heavy atom. The summed E-state index contributed by atoms with van der Waals surface area (Å²) in [5.41, 5.74) is 4.06. The van der Waals surface area contributed by atoms with Crippen LogP contribution in [0.3, 0.4) is 0 Å². The highest BCUT2D eigenvalue weighted by Gasteiger charge is 2.39. The number of rotatable bonds is 5. The van der Waals surface area contributed by atoms with E-state index < -0.39 is 6.61 Å². The number of aliphatic hydroxyl groups excluding tert-OH is 1. The van der Waals surface area contributed by atoms with Crippen LogP contribution in [0, 0.1) is 5.82 Å². The number of H-pyrrole nitrogens is 1. The first-order valence-electron chi connectivity index (χ1n) is 9.91. The lowest BCUT2D eigenvalue weighted by atomic mass is 9.86. The molecule has 0 saturated carbocycles. The van der Waals surface area contributed by atoms with Crippen LogP contribution < -0.4 is 0 Å². The van der Waals surface area contributed by atoms with E-state index in [1.807, 2.05) is 18.2 Å². The Kier molecular flexibility index (Phi) is 5.18. The Labute approximate surface area is 164 Å². The van der Waals surface area contributed by atoms with E-state index in [2.05, 4.69) is 18.0 Å². The summed E-state index contributed by atoms with van der Waals surface area (Å²) in [4.78, 5) is 18.1. The summed E-state index contributed by atoms with van der Waals surface area (Å²) < 4.78 is 13.6.